The Labute approximate surface area is 187 Å². The number of Topliss-reactive ketones (excluding diaryl/α,β-unsaturated/α-hetero) is 1. The smallest absolute Gasteiger partial charge is 0.232 e. The number of fused-ring (bicyclic) bond motifs is 1. The molecule has 1 N–H and O–H groups in total. The minimum atomic E-state index is -0.174. The fourth-order valence-electron chi connectivity index (χ4n) is 4.66. The fourth-order valence-corrected chi connectivity index (χ4v) is 4.66. The highest BCUT2D eigenvalue weighted by molar-refractivity contribution is 6.15. The van der Waals surface area contributed by atoms with E-state index >= 15 is 0 Å². The van der Waals surface area contributed by atoms with Crippen molar-refractivity contribution in [1.29, 1.82) is 0 Å². The van der Waals surface area contributed by atoms with E-state index in [1.54, 1.807) is 24.5 Å². The van der Waals surface area contributed by atoms with Gasteiger partial charge in [-0.05, 0) is 61.7 Å². The highest BCUT2D eigenvalue weighted by Crippen LogP contribution is 2.43. The molecule has 2 aliphatic heterocycles. The number of ketones is 1. The van der Waals surface area contributed by atoms with E-state index in [1.807, 2.05) is 37.4 Å². The van der Waals surface area contributed by atoms with E-state index in [4.69, 9.17) is 4.74 Å². The molecule has 0 bridgehead atoms. The quantitative estimate of drug-likeness (QED) is 0.601. The lowest BCUT2D eigenvalue weighted by Crippen LogP contribution is -2.33. The molecular formula is C26H25N3O3. The van der Waals surface area contributed by atoms with Crippen LogP contribution in [0.15, 0.2) is 60.7 Å². The maximum Gasteiger partial charge on any atom is 0.232 e. The van der Waals surface area contributed by atoms with Gasteiger partial charge in [-0.25, -0.2) is 0 Å². The molecule has 32 heavy (non-hydrogen) atoms. The Balaban J connectivity index is 1.50. The molecule has 0 saturated carbocycles. The SMILES string of the molecule is Cc1cc(O)c(CN2CCCC[C@H]2c2cccnc2)c2c1C(=O)/C(=C/c1ccccn1)O2. The van der Waals surface area contributed by atoms with Crippen molar-refractivity contribution in [2.24, 2.45) is 0 Å². The number of benzene rings is 1. The number of aromatic hydroxyl groups is 1. The zero-order chi connectivity index (χ0) is 22.1. The van der Waals surface area contributed by atoms with Gasteiger partial charge in [-0.1, -0.05) is 18.6 Å². The van der Waals surface area contributed by atoms with E-state index < -0.39 is 0 Å². The van der Waals surface area contributed by atoms with Gasteiger partial charge in [0.1, 0.15) is 11.5 Å². The summed E-state index contributed by atoms with van der Waals surface area (Å²) in [6.45, 7) is 3.23. The second-order valence-electron chi connectivity index (χ2n) is 8.36. The summed E-state index contributed by atoms with van der Waals surface area (Å²) in [6.07, 6.45) is 10.3. The first kappa shape index (κ1) is 20.4. The first-order valence-electron chi connectivity index (χ1n) is 11.0. The van der Waals surface area contributed by atoms with Crippen molar-refractivity contribution in [3.63, 3.8) is 0 Å². The number of hydrogen-bond donors (Lipinski definition) is 1. The second kappa shape index (κ2) is 8.55. The third-order valence-corrected chi connectivity index (χ3v) is 6.23. The van der Waals surface area contributed by atoms with E-state index in [9.17, 15) is 9.90 Å². The minimum Gasteiger partial charge on any atom is -0.507 e. The number of ether oxygens (including phenoxy) is 1. The zero-order valence-corrected chi connectivity index (χ0v) is 18.0. The predicted molar refractivity (Wildman–Crippen MR) is 121 cm³/mol. The molecule has 1 saturated heterocycles. The summed E-state index contributed by atoms with van der Waals surface area (Å²) < 4.78 is 6.07. The number of pyridine rings is 2. The van der Waals surface area contributed by atoms with Crippen LogP contribution in [0.2, 0.25) is 0 Å². The number of phenolic OH excluding ortho intramolecular Hbond substituents is 1. The Morgan fingerprint density at radius 3 is 2.91 bits per heavy atom. The summed E-state index contributed by atoms with van der Waals surface area (Å²) in [6, 6.07) is 11.5. The zero-order valence-electron chi connectivity index (χ0n) is 18.0. The molecule has 0 radical (unpaired) electrons. The van der Waals surface area contributed by atoms with E-state index in [-0.39, 0.29) is 23.3 Å². The van der Waals surface area contributed by atoms with E-state index in [2.05, 4.69) is 20.9 Å². The lowest BCUT2D eigenvalue weighted by atomic mass is 9.94. The molecule has 0 unspecified atom stereocenters. The standard InChI is InChI=1S/C26H25N3O3/c1-17-13-22(30)20(16-29-12-5-3-9-21(29)18-7-6-10-27-15-18)26-24(17)25(31)23(32-26)14-19-8-2-4-11-28-19/h2,4,6-8,10-11,13-15,21,30H,3,5,9,12,16H2,1H3/b23-14-/t21-/m0/s1. The fraction of sp³-hybridized carbons (Fsp3) is 0.269. The number of hydrogen-bond acceptors (Lipinski definition) is 6. The topological polar surface area (TPSA) is 75.5 Å². The predicted octanol–water partition coefficient (Wildman–Crippen LogP) is 4.83. The summed E-state index contributed by atoms with van der Waals surface area (Å²) in [7, 11) is 0. The van der Waals surface area contributed by atoms with E-state index in [1.165, 1.54) is 5.56 Å². The van der Waals surface area contributed by atoms with Crippen LogP contribution in [0.5, 0.6) is 11.5 Å². The first-order chi connectivity index (χ1) is 15.6. The van der Waals surface area contributed by atoms with E-state index in [0.29, 0.717) is 34.7 Å². The molecule has 0 amide bonds. The van der Waals surface area contributed by atoms with Crippen LogP contribution in [0.25, 0.3) is 6.08 Å². The maximum absolute atomic E-state index is 13.1. The van der Waals surface area contributed by atoms with Crippen molar-refractivity contribution in [3.05, 3.63) is 88.7 Å². The summed E-state index contributed by atoms with van der Waals surface area (Å²) in [5.41, 5.74) is 3.70. The summed E-state index contributed by atoms with van der Waals surface area (Å²) >= 11 is 0. The van der Waals surface area contributed by atoms with Gasteiger partial charge in [0.05, 0.1) is 16.8 Å². The minimum absolute atomic E-state index is 0.156. The highest BCUT2D eigenvalue weighted by Gasteiger charge is 2.35. The Morgan fingerprint density at radius 1 is 1.22 bits per heavy atom. The number of allylic oxidation sites excluding steroid dienone is 1. The highest BCUT2D eigenvalue weighted by atomic mass is 16.5. The third-order valence-electron chi connectivity index (χ3n) is 6.23. The number of phenols is 1. The molecule has 6 nitrogen and oxygen atoms in total. The van der Waals surface area contributed by atoms with Crippen molar-refractivity contribution >= 4 is 11.9 Å². The van der Waals surface area contributed by atoms with Crippen LogP contribution in [0.1, 0.15) is 58.0 Å². The Kier molecular flexibility index (Phi) is 5.45. The van der Waals surface area contributed by atoms with Gasteiger partial charge >= 0.3 is 0 Å². The summed E-state index contributed by atoms with van der Waals surface area (Å²) in [5.74, 6) is 0.678. The normalized spacial score (nSPS) is 19.7. The molecule has 1 atom stereocenters. The number of rotatable bonds is 4. The van der Waals surface area contributed by atoms with Gasteiger partial charge in [-0.2, -0.15) is 0 Å². The van der Waals surface area contributed by atoms with Crippen molar-refractivity contribution in [1.82, 2.24) is 14.9 Å². The molecule has 6 heteroatoms. The van der Waals surface area contributed by atoms with Gasteiger partial charge in [0.2, 0.25) is 5.78 Å². The van der Waals surface area contributed by atoms with Crippen molar-refractivity contribution < 1.29 is 14.6 Å². The van der Waals surface area contributed by atoms with Gasteiger partial charge in [0.25, 0.3) is 0 Å². The van der Waals surface area contributed by atoms with Gasteiger partial charge < -0.3 is 9.84 Å². The second-order valence-corrected chi connectivity index (χ2v) is 8.36. The number of carbonyl (C=O) groups excluding carboxylic acids is 1. The van der Waals surface area contributed by atoms with Crippen LogP contribution in [-0.4, -0.2) is 32.3 Å². The van der Waals surface area contributed by atoms with Crippen LogP contribution in [0, 0.1) is 6.92 Å². The van der Waals surface area contributed by atoms with Gasteiger partial charge in [-0.3, -0.25) is 19.7 Å². The monoisotopic (exact) mass is 427 g/mol. The molecule has 1 fully saturated rings. The van der Waals surface area contributed by atoms with Gasteiger partial charge in [0.15, 0.2) is 5.76 Å². The number of aromatic nitrogens is 2. The molecule has 1 aromatic carbocycles. The first-order valence-corrected chi connectivity index (χ1v) is 11.0. The Bertz CT molecular complexity index is 1180. The van der Waals surface area contributed by atoms with Crippen molar-refractivity contribution in [2.45, 2.75) is 38.8 Å². The average molecular weight is 428 g/mol. The number of likely N-dealkylation sites (tertiary alicyclic amines) is 1. The molecule has 4 heterocycles. The van der Waals surface area contributed by atoms with Crippen LogP contribution >= 0.6 is 0 Å². The average Bonchev–Trinajstić information content (AvgIpc) is 3.14. The maximum atomic E-state index is 13.1. The number of aryl methyl sites for hydroxylation is 1. The molecule has 3 aromatic rings. The lowest BCUT2D eigenvalue weighted by Gasteiger charge is -2.36. The van der Waals surface area contributed by atoms with Crippen LogP contribution < -0.4 is 4.74 Å². The molecule has 5 rings (SSSR count). The molecule has 2 aliphatic rings. The summed E-state index contributed by atoms with van der Waals surface area (Å²) in [5, 5.41) is 10.8. The van der Waals surface area contributed by atoms with Crippen LogP contribution in [-0.2, 0) is 6.54 Å². The third kappa shape index (κ3) is 3.78. The molecule has 2 aromatic heterocycles. The van der Waals surface area contributed by atoms with E-state index in [0.717, 1.165) is 25.8 Å². The molecule has 162 valence electrons. The number of nitrogens with zero attached hydrogens (tertiary/aromatic N) is 3. The lowest BCUT2D eigenvalue weighted by molar-refractivity contribution is 0.101. The van der Waals surface area contributed by atoms with Crippen LogP contribution in [0.4, 0.5) is 0 Å². The molecule has 0 aliphatic carbocycles. The van der Waals surface area contributed by atoms with Crippen molar-refractivity contribution in [3.8, 4) is 11.5 Å². The summed E-state index contributed by atoms with van der Waals surface area (Å²) in [4.78, 5) is 24.0. The largest absolute Gasteiger partial charge is 0.507 e. The van der Waals surface area contributed by atoms with Crippen LogP contribution in [0.3, 0.4) is 0 Å². The van der Waals surface area contributed by atoms with Crippen molar-refractivity contribution in [2.75, 3.05) is 6.54 Å². The Morgan fingerprint density at radius 2 is 2.12 bits per heavy atom. The number of carbonyl (C=O) groups is 1. The molecule has 0 spiro atoms. The Hall–Kier alpha value is -3.51. The van der Waals surface area contributed by atoms with Gasteiger partial charge in [0, 0.05) is 37.3 Å². The van der Waals surface area contributed by atoms with Gasteiger partial charge in [-0.15, -0.1) is 0 Å². The number of piperidine rings is 1. The molecular weight excluding hydrogens is 402 g/mol.